The molecule has 0 bridgehead atoms. The van der Waals surface area contributed by atoms with Gasteiger partial charge < -0.3 is 16.0 Å². The SMILES string of the molecule is O=C(Nc1ccc(Nc2ccc(C(F)(F)F)cn2)cc1)C1CC12CCNCC2. The van der Waals surface area contributed by atoms with E-state index in [1.54, 1.807) is 24.3 Å². The Kier molecular flexibility index (Phi) is 4.74. The highest BCUT2D eigenvalue weighted by molar-refractivity contribution is 5.95. The van der Waals surface area contributed by atoms with Crippen LogP contribution < -0.4 is 16.0 Å². The summed E-state index contributed by atoms with van der Waals surface area (Å²) in [5.41, 5.74) is 0.770. The molecule has 148 valence electrons. The molecular weight excluding hydrogens is 369 g/mol. The van der Waals surface area contributed by atoms with Crippen LogP contribution in [0.2, 0.25) is 0 Å². The summed E-state index contributed by atoms with van der Waals surface area (Å²) >= 11 is 0. The number of carbonyl (C=O) groups excluding carboxylic acids is 1. The molecule has 1 atom stereocenters. The minimum atomic E-state index is -4.40. The van der Waals surface area contributed by atoms with E-state index in [0.717, 1.165) is 44.6 Å². The first-order valence-corrected chi connectivity index (χ1v) is 9.28. The molecule has 5 nitrogen and oxygen atoms in total. The quantitative estimate of drug-likeness (QED) is 0.733. The van der Waals surface area contributed by atoms with Gasteiger partial charge in [-0.05, 0) is 74.2 Å². The molecule has 1 aromatic carbocycles. The summed E-state index contributed by atoms with van der Waals surface area (Å²) in [4.78, 5) is 16.3. The average Bonchev–Trinajstić information content (AvgIpc) is 3.36. The van der Waals surface area contributed by atoms with E-state index in [-0.39, 0.29) is 17.2 Å². The van der Waals surface area contributed by atoms with Crippen molar-refractivity contribution >= 4 is 23.1 Å². The third-order valence-corrected chi connectivity index (χ3v) is 5.62. The van der Waals surface area contributed by atoms with Gasteiger partial charge in [-0.2, -0.15) is 13.2 Å². The second-order valence-electron chi connectivity index (χ2n) is 7.49. The maximum atomic E-state index is 12.6. The van der Waals surface area contributed by atoms with Gasteiger partial charge in [0.15, 0.2) is 0 Å². The predicted octanol–water partition coefficient (Wildman–Crippen LogP) is 4.17. The van der Waals surface area contributed by atoms with E-state index in [2.05, 4.69) is 20.9 Å². The number of nitrogens with zero attached hydrogens (tertiary/aromatic N) is 1. The number of benzene rings is 1. The van der Waals surface area contributed by atoms with E-state index < -0.39 is 11.7 Å². The fraction of sp³-hybridized carbons (Fsp3) is 0.400. The Morgan fingerprint density at radius 1 is 1.07 bits per heavy atom. The molecule has 1 amide bonds. The molecule has 2 fully saturated rings. The summed E-state index contributed by atoms with van der Waals surface area (Å²) in [6.45, 7) is 1.95. The molecule has 1 spiro atoms. The van der Waals surface area contributed by atoms with Gasteiger partial charge in [0, 0.05) is 23.5 Å². The van der Waals surface area contributed by atoms with Gasteiger partial charge in [-0.25, -0.2) is 4.98 Å². The number of alkyl halides is 3. The van der Waals surface area contributed by atoms with Gasteiger partial charge in [-0.1, -0.05) is 0 Å². The first-order chi connectivity index (χ1) is 13.4. The number of piperidine rings is 1. The lowest BCUT2D eigenvalue weighted by molar-refractivity contribution is -0.137. The second-order valence-corrected chi connectivity index (χ2v) is 7.49. The molecule has 0 radical (unpaired) electrons. The van der Waals surface area contributed by atoms with Crippen LogP contribution in [-0.2, 0) is 11.0 Å². The van der Waals surface area contributed by atoms with Crippen LogP contribution in [0.5, 0.6) is 0 Å². The Morgan fingerprint density at radius 2 is 1.75 bits per heavy atom. The van der Waals surface area contributed by atoms with Crippen LogP contribution in [-0.4, -0.2) is 24.0 Å². The molecule has 1 unspecified atom stereocenters. The number of anilines is 3. The number of halogens is 3. The normalized spacial score (nSPS) is 20.6. The number of hydrogen-bond donors (Lipinski definition) is 3. The molecule has 1 saturated heterocycles. The first kappa shape index (κ1) is 18.7. The van der Waals surface area contributed by atoms with Crippen LogP contribution in [0.4, 0.5) is 30.4 Å². The Hall–Kier alpha value is -2.61. The largest absolute Gasteiger partial charge is 0.417 e. The van der Waals surface area contributed by atoms with Crippen LogP contribution in [0.1, 0.15) is 24.8 Å². The zero-order valence-electron chi connectivity index (χ0n) is 15.1. The van der Waals surface area contributed by atoms with E-state index in [1.807, 2.05) is 0 Å². The van der Waals surface area contributed by atoms with Crippen molar-refractivity contribution in [2.45, 2.75) is 25.4 Å². The lowest BCUT2D eigenvalue weighted by Gasteiger charge is -2.23. The minimum absolute atomic E-state index is 0.0621. The highest BCUT2D eigenvalue weighted by atomic mass is 19.4. The minimum Gasteiger partial charge on any atom is -0.340 e. The second kappa shape index (κ2) is 7.09. The molecule has 1 aromatic heterocycles. The Bertz CT molecular complexity index is 843. The highest BCUT2D eigenvalue weighted by Gasteiger charge is 2.57. The molecule has 8 heteroatoms. The number of aromatic nitrogens is 1. The summed E-state index contributed by atoms with van der Waals surface area (Å²) in [6.07, 6.45) is -0.551. The number of amides is 1. The van der Waals surface area contributed by atoms with Crippen molar-refractivity contribution in [3.63, 3.8) is 0 Å². The summed E-state index contributed by atoms with van der Waals surface area (Å²) in [5.74, 6) is 0.464. The topological polar surface area (TPSA) is 66.0 Å². The highest BCUT2D eigenvalue weighted by Crippen LogP contribution is 2.58. The third-order valence-electron chi connectivity index (χ3n) is 5.62. The van der Waals surface area contributed by atoms with E-state index in [1.165, 1.54) is 6.07 Å². The number of pyridine rings is 1. The van der Waals surface area contributed by atoms with Crippen LogP contribution in [0.3, 0.4) is 0 Å². The third kappa shape index (κ3) is 3.96. The predicted molar refractivity (Wildman–Crippen MR) is 100 cm³/mol. The summed E-state index contributed by atoms with van der Waals surface area (Å²) in [5, 5.41) is 9.24. The molecule has 4 rings (SSSR count). The Labute approximate surface area is 160 Å². The standard InChI is InChI=1S/C20H21F3N4O/c21-20(22,23)13-1-6-17(25-12-13)26-14-2-4-15(5-3-14)27-18(28)16-11-19(16)7-9-24-10-8-19/h1-6,12,16,24H,7-11H2,(H,25,26)(H,27,28). The van der Waals surface area contributed by atoms with Crippen LogP contribution >= 0.6 is 0 Å². The van der Waals surface area contributed by atoms with E-state index in [0.29, 0.717) is 17.2 Å². The van der Waals surface area contributed by atoms with Gasteiger partial charge in [-0.3, -0.25) is 4.79 Å². The zero-order chi connectivity index (χ0) is 19.8. The Morgan fingerprint density at radius 3 is 2.36 bits per heavy atom. The van der Waals surface area contributed by atoms with Gasteiger partial charge in [0.25, 0.3) is 0 Å². The molecule has 2 aliphatic rings. The summed E-state index contributed by atoms with van der Waals surface area (Å²) in [7, 11) is 0. The molecule has 1 saturated carbocycles. The van der Waals surface area contributed by atoms with Crippen molar-refractivity contribution in [2.24, 2.45) is 11.3 Å². The molecule has 3 N–H and O–H groups in total. The van der Waals surface area contributed by atoms with Crippen molar-refractivity contribution in [3.8, 4) is 0 Å². The summed E-state index contributed by atoms with van der Waals surface area (Å²) in [6, 6.07) is 9.30. The van der Waals surface area contributed by atoms with Gasteiger partial charge in [0.05, 0.1) is 5.56 Å². The van der Waals surface area contributed by atoms with Crippen molar-refractivity contribution in [3.05, 3.63) is 48.2 Å². The number of rotatable bonds is 4. The van der Waals surface area contributed by atoms with Gasteiger partial charge in [0.2, 0.25) is 5.91 Å². The van der Waals surface area contributed by atoms with E-state index in [4.69, 9.17) is 0 Å². The van der Waals surface area contributed by atoms with Crippen molar-refractivity contribution in [2.75, 3.05) is 23.7 Å². The van der Waals surface area contributed by atoms with Gasteiger partial charge in [-0.15, -0.1) is 0 Å². The smallest absolute Gasteiger partial charge is 0.340 e. The zero-order valence-corrected chi connectivity index (χ0v) is 15.1. The van der Waals surface area contributed by atoms with Crippen molar-refractivity contribution in [1.29, 1.82) is 0 Å². The average molecular weight is 390 g/mol. The first-order valence-electron chi connectivity index (χ1n) is 9.28. The van der Waals surface area contributed by atoms with Crippen LogP contribution in [0, 0.1) is 11.3 Å². The molecule has 28 heavy (non-hydrogen) atoms. The van der Waals surface area contributed by atoms with Crippen LogP contribution in [0.25, 0.3) is 0 Å². The molecule has 1 aliphatic heterocycles. The Balaban J connectivity index is 1.33. The van der Waals surface area contributed by atoms with Crippen molar-refractivity contribution in [1.82, 2.24) is 10.3 Å². The lowest BCUT2D eigenvalue weighted by atomic mass is 9.92. The number of nitrogens with one attached hydrogen (secondary N) is 3. The molecule has 2 aromatic rings. The number of hydrogen-bond acceptors (Lipinski definition) is 4. The maximum Gasteiger partial charge on any atom is 0.417 e. The fourth-order valence-corrected chi connectivity index (χ4v) is 3.85. The molecule has 2 heterocycles. The van der Waals surface area contributed by atoms with E-state index >= 15 is 0 Å². The fourth-order valence-electron chi connectivity index (χ4n) is 3.85. The number of carbonyl (C=O) groups is 1. The van der Waals surface area contributed by atoms with Gasteiger partial charge in [0.1, 0.15) is 5.82 Å². The van der Waals surface area contributed by atoms with Gasteiger partial charge >= 0.3 is 6.18 Å². The van der Waals surface area contributed by atoms with E-state index in [9.17, 15) is 18.0 Å². The van der Waals surface area contributed by atoms with Crippen LogP contribution in [0.15, 0.2) is 42.6 Å². The molecule has 1 aliphatic carbocycles. The molecular formula is C20H21F3N4O. The lowest BCUT2D eigenvalue weighted by Crippen LogP contribution is -2.31. The maximum absolute atomic E-state index is 12.6. The van der Waals surface area contributed by atoms with Crippen molar-refractivity contribution < 1.29 is 18.0 Å². The monoisotopic (exact) mass is 390 g/mol. The summed E-state index contributed by atoms with van der Waals surface area (Å²) < 4.78 is 37.7.